The van der Waals surface area contributed by atoms with Gasteiger partial charge in [-0.3, -0.25) is 0 Å². The van der Waals surface area contributed by atoms with E-state index in [4.69, 9.17) is 11.6 Å². The van der Waals surface area contributed by atoms with Crippen molar-refractivity contribution in [2.75, 3.05) is 0 Å². The van der Waals surface area contributed by atoms with Gasteiger partial charge < -0.3 is 4.57 Å². The van der Waals surface area contributed by atoms with E-state index in [1.165, 1.54) is 5.56 Å². The molecule has 20 heavy (non-hydrogen) atoms. The Morgan fingerprint density at radius 1 is 1.45 bits per heavy atom. The van der Waals surface area contributed by atoms with Crippen molar-refractivity contribution < 1.29 is 0 Å². The summed E-state index contributed by atoms with van der Waals surface area (Å²) in [6, 6.07) is 4.22. The third kappa shape index (κ3) is 2.58. The van der Waals surface area contributed by atoms with Crippen LogP contribution in [0.4, 0.5) is 0 Å². The number of thiophene rings is 1. The Bertz CT molecular complexity index is 716. The first-order valence-corrected chi connectivity index (χ1v) is 8.01. The van der Waals surface area contributed by atoms with Crippen LogP contribution in [0.2, 0.25) is 0 Å². The van der Waals surface area contributed by atoms with Crippen molar-refractivity contribution in [3.05, 3.63) is 46.0 Å². The molecule has 3 aromatic rings. The van der Waals surface area contributed by atoms with Gasteiger partial charge in [0.05, 0.1) is 5.38 Å². The largest absolute Gasteiger partial charge is 0.311 e. The van der Waals surface area contributed by atoms with Gasteiger partial charge >= 0.3 is 0 Å². The van der Waals surface area contributed by atoms with Crippen LogP contribution in [-0.2, 0) is 13.0 Å². The van der Waals surface area contributed by atoms with Crippen LogP contribution in [0.5, 0.6) is 0 Å². The van der Waals surface area contributed by atoms with Crippen LogP contribution in [-0.4, -0.2) is 14.5 Å². The summed E-state index contributed by atoms with van der Waals surface area (Å²) >= 11 is 8.00. The van der Waals surface area contributed by atoms with E-state index in [2.05, 4.69) is 37.4 Å². The van der Waals surface area contributed by atoms with E-state index >= 15 is 0 Å². The van der Waals surface area contributed by atoms with Crippen molar-refractivity contribution >= 4 is 34.1 Å². The molecule has 3 rings (SSSR count). The summed E-state index contributed by atoms with van der Waals surface area (Å²) in [5.74, 6) is 0.898. The number of nitrogens with zero attached hydrogens (tertiary/aromatic N) is 3. The lowest BCUT2D eigenvalue weighted by atomic mass is 10.2. The predicted octanol–water partition coefficient (Wildman–Crippen LogP) is 4.34. The van der Waals surface area contributed by atoms with Gasteiger partial charge in [0.25, 0.3) is 0 Å². The van der Waals surface area contributed by atoms with Gasteiger partial charge in [0.2, 0.25) is 0 Å². The second-order valence-electron chi connectivity index (χ2n) is 4.97. The number of halogens is 1. The van der Waals surface area contributed by atoms with Gasteiger partial charge in [-0.15, -0.1) is 11.6 Å². The topological polar surface area (TPSA) is 30.7 Å². The molecule has 0 aromatic carbocycles. The molecule has 0 saturated carbocycles. The highest BCUT2D eigenvalue weighted by Gasteiger charge is 2.15. The smallest absolute Gasteiger partial charge is 0.160 e. The minimum atomic E-state index is -0.119. The van der Waals surface area contributed by atoms with E-state index in [0.717, 1.165) is 35.5 Å². The molecule has 0 amide bonds. The van der Waals surface area contributed by atoms with Gasteiger partial charge in [-0.25, -0.2) is 9.97 Å². The van der Waals surface area contributed by atoms with Crippen molar-refractivity contribution in [2.45, 2.75) is 32.2 Å². The van der Waals surface area contributed by atoms with Crippen LogP contribution in [0, 0.1) is 6.92 Å². The lowest BCUT2D eigenvalue weighted by Gasteiger charge is -2.09. The monoisotopic (exact) mass is 305 g/mol. The first-order chi connectivity index (χ1) is 9.65. The molecular formula is C15H16ClN3S. The van der Waals surface area contributed by atoms with Gasteiger partial charge in [-0.1, -0.05) is 0 Å². The summed E-state index contributed by atoms with van der Waals surface area (Å²) in [7, 11) is 0. The van der Waals surface area contributed by atoms with Crippen molar-refractivity contribution in [3.63, 3.8) is 0 Å². The highest BCUT2D eigenvalue weighted by molar-refractivity contribution is 7.07. The molecule has 0 radical (unpaired) electrons. The Labute approximate surface area is 127 Å². The SMILES string of the molecule is Cc1cnc2c(c1)nc(C(C)Cl)n2CCc1ccsc1. The summed E-state index contributed by atoms with van der Waals surface area (Å²) in [4.78, 5) is 9.17. The fourth-order valence-corrected chi connectivity index (χ4v) is 3.20. The van der Waals surface area contributed by atoms with Gasteiger partial charge in [-0.2, -0.15) is 11.3 Å². The van der Waals surface area contributed by atoms with E-state index in [1.54, 1.807) is 11.3 Å². The van der Waals surface area contributed by atoms with Gasteiger partial charge in [0, 0.05) is 12.7 Å². The highest BCUT2D eigenvalue weighted by Crippen LogP contribution is 2.24. The number of imidazole rings is 1. The number of rotatable bonds is 4. The number of alkyl halides is 1. The highest BCUT2D eigenvalue weighted by atomic mass is 35.5. The molecule has 0 aliphatic carbocycles. The molecule has 0 N–H and O–H groups in total. The first kappa shape index (κ1) is 13.6. The van der Waals surface area contributed by atoms with Crippen molar-refractivity contribution in [2.24, 2.45) is 0 Å². The Morgan fingerprint density at radius 2 is 2.30 bits per heavy atom. The molecule has 0 aliphatic heterocycles. The van der Waals surface area contributed by atoms with Crippen molar-refractivity contribution in [3.8, 4) is 0 Å². The van der Waals surface area contributed by atoms with Crippen LogP contribution in [0.3, 0.4) is 0 Å². The van der Waals surface area contributed by atoms with Gasteiger partial charge in [0.1, 0.15) is 11.3 Å². The number of pyridine rings is 1. The molecule has 104 valence electrons. The van der Waals surface area contributed by atoms with E-state index in [0.29, 0.717) is 0 Å². The number of hydrogen-bond donors (Lipinski definition) is 0. The zero-order chi connectivity index (χ0) is 14.1. The molecule has 1 atom stereocenters. The minimum absolute atomic E-state index is 0.119. The maximum absolute atomic E-state index is 6.27. The van der Waals surface area contributed by atoms with Crippen molar-refractivity contribution in [1.29, 1.82) is 0 Å². The number of hydrogen-bond acceptors (Lipinski definition) is 3. The molecule has 5 heteroatoms. The average Bonchev–Trinajstić information content (AvgIpc) is 3.02. The molecule has 0 bridgehead atoms. The Morgan fingerprint density at radius 3 is 3.00 bits per heavy atom. The van der Waals surface area contributed by atoms with E-state index in [1.807, 2.05) is 20.0 Å². The second-order valence-corrected chi connectivity index (χ2v) is 6.41. The molecule has 0 spiro atoms. The fraction of sp³-hybridized carbons (Fsp3) is 0.333. The van der Waals surface area contributed by atoms with E-state index in [9.17, 15) is 0 Å². The third-order valence-electron chi connectivity index (χ3n) is 3.31. The molecule has 0 fully saturated rings. The second kappa shape index (κ2) is 5.54. The predicted molar refractivity (Wildman–Crippen MR) is 84.6 cm³/mol. The first-order valence-electron chi connectivity index (χ1n) is 6.63. The van der Waals surface area contributed by atoms with Crippen LogP contribution in [0.25, 0.3) is 11.2 Å². The van der Waals surface area contributed by atoms with Crippen LogP contribution in [0.1, 0.15) is 29.3 Å². The van der Waals surface area contributed by atoms with Crippen LogP contribution in [0.15, 0.2) is 29.1 Å². The molecule has 3 aromatic heterocycles. The lowest BCUT2D eigenvalue weighted by Crippen LogP contribution is -2.07. The van der Waals surface area contributed by atoms with E-state index in [-0.39, 0.29) is 5.38 Å². The van der Waals surface area contributed by atoms with E-state index < -0.39 is 0 Å². The van der Waals surface area contributed by atoms with Gasteiger partial charge in [-0.05, 0) is 54.3 Å². The normalized spacial score (nSPS) is 12.9. The Hall–Kier alpha value is -1.39. The summed E-state index contributed by atoms with van der Waals surface area (Å²) in [6.07, 6.45) is 2.86. The number of aromatic nitrogens is 3. The summed E-state index contributed by atoms with van der Waals surface area (Å²) in [5, 5.41) is 4.17. The Kier molecular flexibility index (Phi) is 3.76. The number of fused-ring (bicyclic) bond motifs is 1. The maximum Gasteiger partial charge on any atom is 0.160 e. The third-order valence-corrected chi connectivity index (χ3v) is 4.24. The van der Waals surface area contributed by atoms with Crippen LogP contribution < -0.4 is 0 Å². The minimum Gasteiger partial charge on any atom is -0.311 e. The maximum atomic E-state index is 6.27. The quantitative estimate of drug-likeness (QED) is 0.671. The Balaban J connectivity index is 2.00. The summed E-state index contributed by atoms with van der Waals surface area (Å²) in [5.41, 5.74) is 4.32. The molecule has 3 heterocycles. The summed E-state index contributed by atoms with van der Waals surface area (Å²) < 4.78 is 2.14. The van der Waals surface area contributed by atoms with Gasteiger partial charge in [0.15, 0.2) is 5.65 Å². The fourth-order valence-electron chi connectivity index (χ4n) is 2.33. The molecule has 0 aliphatic rings. The van der Waals surface area contributed by atoms with Crippen LogP contribution >= 0.6 is 22.9 Å². The lowest BCUT2D eigenvalue weighted by molar-refractivity contribution is 0.664. The number of aryl methyl sites for hydroxylation is 3. The average molecular weight is 306 g/mol. The molecule has 1 unspecified atom stereocenters. The molecular weight excluding hydrogens is 290 g/mol. The van der Waals surface area contributed by atoms with Crippen molar-refractivity contribution in [1.82, 2.24) is 14.5 Å². The zero-order valence-corrected chi connectivity index (χ0v) is 13.1. The molecule has 3 nitrogen and oxygen atoms in total. The summed E-state index contributed by atoms with van der Waals surface area (Å²) in [6.45, 7) is 4.84. The molecule has 0 saturated heterocycles. The zero-order valence-electron chi connectivity index (χ0n) is 11.5. The standard InChI is InChI=1S/C15H16ClN3S/c1-10-7-13-15(17-8-10)19(14(18-13)11(2)16)5-3-12-4-6-20-9-12/h4,6-9,11H,3,5H2,1-2H3.